The first kappa shape index (κ1) is 9.50. The molecule has 1 aliphatic heterocycles. The van der Waals surface area contributed by atoms with Gasteiger partial charge in [0, 0.05) is 12.7 Å². The Kier molecular flexibility index (Phi) is 2.22. The molecule has 1 N–H and O–H groups in total. The monoisotopic (exact) mass is 190 g/mol. The normalized spacial score (nSPS) is 15.9. The van der Waals surface area contributed by atoms with Crippen LogP contribution in [0.1, 0.15) is 38.4 Å². The number of aryl methyl sites for hydroxylation is 1. The quantitative estimate of drug-likeness (QED) is 0.680. The Morgan fingerprint density at radius 3 is 2.86 bits per heavy atom. The van der Waals surface area contributed by atoms with Crippen LogP contribution < -0.4 is 5.32 Å². The number of rotatable bonds is 0. The van der Waals surface area contributed by atoms with Gasteiger partial charge in [0.25, 0.3) is 0 Å². The number of nitrogens with zero attached hydrogens (tertiary/aromatic N) is 1. The lowest BCUT2D eigenvalue weighted by atomic mass is 9.87. The molecule has 0 aliphatic carbocycles. The third kappa shape index (κ3) is 1.74. The Morgan fingerprint density at radius 2 is 2.14 bits per heavy atom. The van der Waals surface area contributed by atoms with Gasteiger partial charge in [0.05, 0.1) is 11.4 Å². The topological polar surface area (TPSA) is 24.9 Å². The van der Waals surface area contributed by atoms with Crippen molar-refractivity contribution in [2.24, 2.45) is 0 Å². The van der Waals surface area contributed by atoms with Crippen molar-refractivity contribution in [3.63, 3.8) is 0 Å². The number of anilines is 1. The van der Waals surface area contributed by atoms with E-state index in [4.69, 9.17) is 0 Å². The minimum Gasteiger partial charge on any atom is -0.384 e. The van der Waals surface area contributed by atoms with Crippen LogP contribution in [0.25, 0.3) is 0 Å². The van der Waals surface area contributed by atoms with Crippen LogP contribution in [-0.4, -0.2) is 11.5 Å². The summed E-state index contributed by atoms with van der Waals surface area (Å²) in [6, 6.07) is 2.25. The van der Waals surface area contributed by atoms with Crippen molar-refractivity contribution in [1.29, 1.82) is 0 Å². The molecule has 1 aromatic heterocycles. The molecule has 0 radical (unpaired) electrons. The van der Waals surface area contributed by atoms with E-state index in [2.05, 4.69) is 37.1 Å². The minimum atomic E-state index is 0.196. The summed E-state index contributed by atoms with van der Waals surface area (Å²) in [6.07, 6.45) is 4.34. The zero-order valence-corrected chi connectivity index (χ0v) is 9.22. The highest BCUT2D eigenvalue weighted by molar-refractivity contribution is 5.52. The van der Waals surface area contributed by atoms with E-state index in [0.717, 1.165) is 13.0 Å². The Morgan fingerprint density at radius 1 is 1.36 bits per heavy atom. The SMILES string of the molecule is CC(C)(C)c1cnc2c(c1)NCCC2. The summed E-state index contributed by atoms with van der Waals surface area (Å²) in [7, 11) is 0. The van der Waals surface area contributed by atoms with Crippen molar-refractivity contribution < 1.29 is 0 Å². The van der Waals surface area contributed by atoms with Gasteiger partial charge in [-0.25, -0.2) is 0 Å². The van der Waals surface area contributed by atoms with Gasteiger partial charge < -0.3 is 5.32 Å². The number of hydrogen-bond acceptors (Lipinski definition) is 2. The van der Waals surface area contributed by atoms with Gasteiger partial charge in [-0.15, -0.1) is 0 Å². The smallest absolute Gasteiger partial charge is 0.0635 e. The summed E-state index contributed by atoms with van der Waals surface area (Å²) in [5, 5.41) is 3.41. The maximum Gasteiger partial charge on any atom is 0.0635 e. The first-order valence-corrected chi connectivity index (χ1v) is 5.30. The molecule has 0 fully saturated rings. The molecule has 0 saturated heterocycles. The second-order valence-corrected chi connectivity index (χ2v) is 5.00. The molecule has 0 bridgehead atoms. The second-order valence-electron chi connectivity index (χ2n) is 5.00. The number of hydrogen-bond donors (Lipinski definition) is 1. The lowest BCUT2D eigenvalue weighted by Crippen LogP contribution is -2.17. The van der Waals surface area contributed by atoms with Crippen molar-refractivity contribution in [2.45, 2.75) is 39.0 Å². The van der Waals surface area contributed by atoms with Crippen LogP contribution in [-0.2, 0) is 11.8 Å². The van der Waals surface area contributed by atoms with Crippen LogP contribution in [0.4, 0.5) is 5.69 Å². The molecular weight excluding hydrogens is 172 g/mol. The zero-order chi connectivity index (χ0) is 10.2. The summed E-state index contributed by atoms with van der Waals surface area (Å²) in [4.78, 5) is 4.52. The van der Waals surface area contributed by atoms with E-state index in [9.17, 15) is 0 Å². The minimum absolute atomic E-state index is 0.196. The fraction of sp³-hybridized carbons (Fsp3) is 0.583. The fourth-order valence-electron chi connectivity index (χ4n) is 1.73. The molecule has 1 aromatic rings. The number of pyridine rings is 1. The van der Waals surface area contributed by atoms with Gasteiger partial charge in [0.1, 0.15) is 0 Å². The van der Waals surface area contributed by atoms with E-state index in [1.807, 2.05) is 6.20 Å². The molecule has 1 aliphatic rings. The Labute approximate surface area is 85.7 Å². The highest BCUT2D eigenvalue weighted by Gasteiger charge is 2.17. The summed E-state index contributed by atoms with van der Waals surface area (Å²) in [5.74, 6) is 0. The lowest BCUT2D eigenvalue weighted by molar-refractivity contribution is 0.586. The van der Waals surface area contributed by atoms with Crippen molar-refractivity contribution in [2.75, 3.05) is 11.9 Å². The molecule has 2 nitrogen and oxygen atoms in total. The van der Waals surface area contributed by atoms with Crippen molar-refractivity contribution in [1.82, 2.24) is 4.98 Å². The van der Waals surface area contributed by atoms with Gasteiger partial charge in [-0.3, -0.25) is 4.98 Å². The van der Waals surface area contributed by atoms with E-state index in [-0.39, 0.29) is 5.41 Å². The third-order valence-corrected chi connectivity index (χ3v) is 2.74. The summed E-state index contributed by atoms with van der Waals surface area (Å²) in [6.45, 7) is 7.75. The molecule has 0 unspecified atom stereocenters. The van der Waals surface area contributed by atoms with Crippen molar-refractivity contribution >= 4 is 5.69 Å². The molecule has 2 heterocycles. The fourth-order valence-corrected chi connectivity index (χ4v) is 1.73. The van der Waals surface area contributed by atoms with Gasteiger partial charge >= 0.3 is 0 Å². The Hall–Kier alpha value is -1.05. The maximum absolute atomic E-state index is 4.52. The van der Waals surface area contributed by atoms with Gasteiger partial charge in [-0.1, -0.05) is 20.8 Å². The number of aromatic nitrogens is 1. The van der Waals surface area contributed by atoms with Gasteiger partial charge in [-0.2, -0.15) is 0 Å². The van der Waals surface area contributed by atoms with E-state index < -0.39 is 0 Å². The van der Waals surface area contributed by atoms with Crippen LogP contribution in [0, 0.1) is 0 Å². The third-order valence-electron chi connectivity index (χ3n) is 2.74. The average molecular weight is 190 g/mol. The Bertz CT molecular complexity index is 337. The standard InChI is InChI=1S/C12H18N2/c1-12(2,3)9-7-11-10(14-8-9)5-4-6-13-11/h7-8,13H,4-6H2,1-3H3. The van der Waals surface area contributed by atoms with E-state index >= 15 is 0 Å². The van der Waals surface area contributed by atoms with Crippen LogP contribution in [0.2, 0.25) is 0 Å². The summed E-state index contributed by atoms with van der Waals surface area (Å²) >= 11 is 0. The molecule has 0 spiro atoms. The molecule has 0 aromatic carbocycles. The first-order valence-electron chi connectivity index (χ1n) is 5.30. The molecule has 0 atom stereocenters. The number of fused-ring (bicyclic) bond motifs is 1. The predicted octanol–water partition coefficient (Wildman–Crippen LogP) is 2.74. The molecule has 2 heteroatoms. The summed E-state index contributed by atoms with van der Waals surface area (Å²) < 4.78 is 0. The molecule has 0 amide bonds. The largest absolute Gasteiger partial charge is 0.384 e. The Balaban J connectivity index is 2.39. The number of nitrogens with one attached hydrogen (secondary N) is 1. The first-order chi connectivity index (χ1) is 6.57. The zero-order valence-electron chi connectivity index (χ0n) is 9.22. The highest BCUT2D eigenvalue weighted by Crippen LogP contribution is 2.27. The van der Waals surface area contributed by atoms with Crippen LogP contribution in [0.15, 0.2) is 12.3 Å². The average Bonchev–Trinajstić information content (AvgIpc) is 2.16. The van der Waals surface area contributed by atoms with Gasteiger partial charge in [0.2, 0.25) is 0 Å². The van der Waals surface area contributed by atoms with Crippen LogP contribution >= 0.6 is 0 Å². The van der Waals surface area contributed by atoms with Gasteiger partial charge in [0.15, 0.2) is 0 Å². The van der Waals surface area contributed by atoms with Crippen LogP contribution in [0.3, 0.4) is 0 Å². The van der Waals surface area contributed by atoms with Crippen molar-refractivity contribution in [3.8, 4) is 0 Å². The molecule has 76 valence electrons. The van der Waals surface area contributed by atoms with E-state index in [1.165, 1.54) is 23.4 Å². The maximum atomic E-state index is 4.52. The van der Waals surface area contributed by atoms with E-state index in [1.54, 1.807) is 0 Å². The summed E-state index contributed by atoms with van der Waals surface area (Å²) in [5.41, 5.74) is 3.97. The second kappa shape index (κ2) is 3.26. The van der Waals surface area contributed by atoms with E-state index in [0.29, 0.717) is 0 Å². The molecular formula is C12H18N2. The highest BCUT2D eigenvalue weighted by atomic mass is 14.9. The predicted molar refractivity (Wildman–Crippen MR) is 59.7 cm³/mol. The molecule has 2 rings (SSSR count). The molecule has 14 heavy (non-hydrogen) atoms. The van der Waals surface area contributed by atoms with Gasteiger partial charge in [-0.05, 0) is 29.9 Å². The van der Waals surface area contributed by atoms with Crippen molar-refractivity contribution in [3.05, 3.63) is 23.5 Å². The van der Waals surface area contributed by atoms with Crippen LogP contribution in [0.5, 0.6) is 0 Å². The molecule has 0 saturated carbocycles. The lowest BCUT2D eigenvalue weighted by Gasteiger charge is -2.23.